The maximum absolute atomic E-state index is 12.1. The molecule has 9 heteroatoms. The third kappa shape index (κ3) is 6.68. The van der Waals surface area contributed by atoms with Crippen LogP contribution in [0.5, 0.6) is 5.75 Å². The van der Waals surface area contributed by atoms with Crippen molar-refractivity contribution in [3.8, 4) is 16.9 Å². The van der Waals surface area contributed by atoms with E-state index in [1.54, 1.807) is 12.1 Å². The fourth-order valence-electron chi connectivity index (χ4n) is 3.41. The topological polar surface area (TPSA) is 135 Å². The number of carbonyl (C=O) groups excluding carboxylic acids is 2. The fourth-order valence-corrected chi connectivity index (χ4v) is 3.41. The van der Waals surface area contributed by atoms with E-state index in [-0.39, 0.29) is 25.5 Å². The standard InChI is InChI=1S/C25H26N2O7/c1-15(2)10-20(25(31)32)27-22(28)13-26-23(29)14-33-17-8-9-18-19(16-6-4-3-5-7-16)12-24(30)34-21(18)11-17/h3-9,11-12,15,20H,10,13-14H2,1-2H3,(H,26,29)(H,27,28)(H,31,32). The molecule has 1 atom stereocenters. The van der Waals surface area contributed by atoms with Crippen molar-refractivity contribution in [2.75, 3.05) is 13.2 Å². The molecule has 0 fully saturated rings. The molecule has 0 aliphatic heterocycles. The summed E-state index contributed by atoms with van der Waals surface area (Å²) in [7, 11) is 0. The van der Waals surface area contributed by atoms with Crippen molar-refractivity contribution < 1.29 is 28.6 Å². The molecule has 0 saturated carbocycles. The van der Waals surface area contributed by atoms with Crippen LogP contribution in [0.4, 0.5) is 0 Å². The molecule has 0 aliphatic carbocycles. The van der Waals surface area contributed by atoms with Crippen molar-refractivity contribution in [3.63, 3.8) is 0 Å². The fraction of sp³-hybridized carbons (Fsp3) is 0.280. The van der Waals surface area contributed by atoms with Crippen LogP contribution >= 0.6 is 0 Å². The Labute approximate surface area is 195 Å². The lowest BCUT2D eigenvalue weighted by Crippen LogP contribution is -2.46. The number of nitrogens with one attached hydrogen (secondary N) is 2. The second-order valence-electron chi connectivity index (χ2n) is 8.16. The van der Waals surface area contributed by atoms with Gasteiger partial charge in [-0.2, -0.15) is 0 Å². The number of hydrogen-bond acceptors (Lipinski definition) is 6. The van der Waals surface area contributed by atoms with Gasteiger partial charge < -0.3 is 24.9 Å². The van der Waals surface area contributed by atoms with Crippen LogP contribution in [-0.4, -0.2) is 42.1 Å². The number of benzene rings is 2. The Morgan fingerprint density at radius 1 is 1.03 bits per heavy atom. The van der Waals surface area contributed by atoms with Gasteiger partial charge in [0.15, 0.2) is 6.61 Å². The number of hydrogen-bond donors (Lipinski definition) is 3. The van der Waals surface area contributed by atoms with E-state index >= 15 is 0 Å². The van der Waals surface area contributed by atoms with Crippen LogP contribution in [0.1, 0.15) is 20.3 Å². The molecule has 2 aromatic carbocycles. The lowest BCUT2D eigenvalue weighted by Gasteiger charge is -2.16. The minimum atomic E-state index is -1.13. The quantitative estimate of drug-likeness (QED) is 0.391. The summed E-state index contributed by atoms with van der Waals surface area (Å²) >= 11 is 0. The number of carboxylic acids is 1. The predicted octanol–water partition coefficient (Wildman–Crippen LogP) is 2.57. The molecule has 34 heavy (non-hydrogen) atoms. The van der Waals surface area contributed by atoms with Gasteiger partial charge in [0.2, 0.25) is 5.91 Å². The van der Waals surface area contributed by atoms with Crippen molar-refractivity contribution in [2.24, 2.45) is 5.92 Å². The molecular formula is C25H26N2O7. The summed E-state index contributed by atoms with van der Waals surface area (Å²) in [5.74, 6) is -1.91. The summed E-state index contributed by atoms with van der Waals surface area (Å²) in [6.07, 6.45) is 0.280. The molecule has 1 heterocycles. The summed E-state index contributed by atoms with van der Waals surface area (Å²) in [5.41, 5.74) is 1.39. The van der Waals surface area contributed by atoms with Gasteiger partial charge in [-0.25, -0.2) is 9.59 Å². The largest absolute Gasteiger partial charge is 0.484 e. The van der Waals surface area contributed by atoms with E-state index in [2.05, 4.69) is 10.6 Å². The van der Waals surface area contributed by atoms with Gasteiger partial charge in [-0.05, 0) is 35.6 Å². The Kier molecular flexibility index (Phi) is 8.02. The minimum Gasteiger partial charge on any atom is -0.484 e. The summed E-state index contributed by atoms with van der Waals surface area (Å²) in [4.78, 5) is 47.3. The number of carboxylic acid groups (broad SMARTS) is 1. The molecule has 3 N–H and O–H groups in total. The number of ether oxygens (including phenoxy) is 1. The molecule has 9 nitrogen and oxygen atoms in total. The van der Waals surface area contributed by atoms with Gasteiger partial charge in [0.25, 0.3) is 5.91 Å². The Balaban J connectivity index is 1.59. The van der Waals surface area contributed by atoms with Crippen LogP contribution in [-0.2, 0) is 14.4 Å². The highest BCUT2D eigenvalue weighted by molar-refractivity contribution is 5.94. The molecule has 1 aromatic heterocycles. The Hall–Kier alpha value is -4.14. The van der Waals surface area contributed by atoms with Gasteiger partial charge >= 0.3 is 11.6 Å². The van der Waals surface area contributed by atoms with Crippen molar-refractivity contribution in [1.29, 1.82) is 0 Å². The van der Waals surface area contributed by atoms with Crippen molar-refractivity contribution in [3.05, 3.63) is 65.0 Å². The van der Waals surface area contributed by atoms with Crippen LogP contribution in [0.25, 0.3) is 22.1 Å². The predicted molar refractivity (Wildman–Crippen MR) is 125 cm³/mol. The normalized spacial score (nSPS) is 11.7. The Bertz CT molecular complexity index is 1230. The molecular weight excluding hydrogens is 440 g/mol. The van der Waals surface area contributed by atoms with Gasteiger partial charge in [0, 0.05) is 17.5 Å². The van der Waals surface area contributed by atoms with E-state index in [4.69, 9.17) is 9.15 Å². The van der Waals surface area contributed by atoms with Crippen LogP contribution in [0.2, 0.25) is 0 Å². The molecule has 0 bridgehead atoms. The Morgan fingerprint density at radius 2 is 1.76 bits per heavy atom. The zero-order valence-electron chi connectivity index (χ0n) is 18.9. The van der Waals surface area contributed by atoms with Crippen molar-refractivity contribution >= 4 is 28.8 Å². The third-order valence-electron chi connectivity index (χ3n) is 4.96. The van der Waals surface area contributed by atoms with E-state index in [1.165, 1.54) is 12.1 Å². The van der Waals surface area contributed by atoms with Gasteiger partial charge in [-0.3, -0.25) is 9.59 Å². The minimum absolute atomic E-state index is 0.0829. The molecule has 0 saturated heterocycles. The second kappa shape index (κ2) is 11.1. The second-order valence-corrected chi connectivity index (χ2v) is 8.16. The highest BCUT2D eigenvalue weighted by atomic mass is 16.5. The van der Waals surface area contributed by atoms with Crippen molar-refractivity contribution in [1.82, 2.24) is 10.6 Å². The van der Waals surface area contributed by atoms with E-state index in [0.29, 0.717) is 16.7 Å². The van der Waals surface area contributed by atoms with E-state index in [1.807, 2.05) is 44.2 Å². The maximum atomic E-state index is 12.1. The van der Waals surface area contributed by atoms with Gasteiger partial charge in [-0.15, -0.1) is 0 Å². The van der Waals surface area contributed by atoms with Crippen LogP contribution in [0, 0.1) is 5.92 Å². The first-order valence-corrected chi connectivity index (χ1v) is 10.8. The van der Waals surface area contributed by atoms with Crippen LogP contribution in [0.15, 0.2) is 63.8 Å². The van der Waals surface area contributed by atoms with Gasteiger partial charge in [0.05, 0.1) is 6.54 Å². The highest BCUT2D eigenvalue weighted by Crippen LogP contribution is 2.29. The molecule has 2 amide bonds. The summed E-state index contributed by atoms with van der Waals surface area (Å²) in [6.45, 7) is 2.94. The smallest absolute Gasteiger partial charge is 0.336 e. The van der Waals surface area contributed by atoms with E-state index < -0.39 is 29.5 Å². The SMILES string of the molecule is CC(C)CC(NC(=O)CNC(=O)COc1ccc2c(-c3ccccc3)cc(=O)oc2c1)C(=O)O. The molecule has 178 valence electrons. The van der Waals surface area contributed by atoms with Gasteiger partial charge in [0.1, 0.15) is 17.4 Å². The first-order valence-electron chi connectivity index (χ1n) is 10.8. The average molecular weight is 466 g/mol. The molecule has 0 radical (unpaired) electrons. The zero-order valence-corrected chi connectivity index (χ0v) is 18.9. The third-order valence-corrected chi connectivity index (χ3v) is 4.96. The van der Waals surface area contributed by atoms with E-state index in [0.717, 1.165) is 11.1 Å². The number of carbonyl (C=O) groups is 3. The molecule has 3 aromatic rings. The highest BCUT2D eigenvalue weighted by Gasteiger charge is 2.21. The number of amides is 2. The zero-order chi connectivity index (χ0) is 24.7. The molecule has 1 unspecified atom stereocenters. The average Bonchev–Trinajstić information content (AvgIpc) is 2.80. The lowest BCUT2D eigenvalue weighted by molar-refractivity contribution is -0.142. The monoisotopic (exact) mass is 466 g/mol. The van der Waals surface area contributed by atoms with Crippen LogP contribution in [0.3, 0.4) is 0 Å². The maximum Gasteiger partial charge on any atom is 0.336 e. The Morgan fingerprint density at radius 3 is 2.44 bits per heavy atom. The molecule has 3 rings (SSSR count). The first-order chi connectivity index (χ1) is 16.2. The van der Waals surface area contributed by atoms with Crippen LogP contribution < -0.4 is 21.0 Å². The summed E-state index contributed by atoms with van der Waals surface area (Å²) < 4.78 is 10.8. The number of rotatable bonds is 10. The molecule has 0 spiro atoms. The van der Waals surface area contributed by atoms with E-state index in [9.17, 15) is 24.3 Å². The van der Waals surface area contributed by atoms with Crippen molar-refractivity contribution in [2.45, 2.75) is 26.3 Å². The van der Waals surface area contributed by atoms with Gasteiger partial charge in [-0.1, -0.05) is 44.2 Å². The summed E-state index contributed by atoms with van der Waals surface area (Å²) in [5, 5.41) is 14.7. The lowest BCUT2D eigenvalue weighted by atomic mass is 10.0. The summed E-state index contributed by atoms with van der Waals surface area (Å²) in [6, 6.07) is 14.7. The number of aliphatic carboxylic acids is 1. The first kappa shape index (κ1) is 24.5. The number of fused-ring (bicyclic) bond motifs is 1. The molecule has 0 aliphatic rings.